The van der Waals surface area contributed by atoms with Crippen LogP contribution in [0.1, 0.15) is 24.6 Å². The van der Waals surface area contributed by atoms with Crippen LogP contribution in [0.2, 0.25) is 0 Å². The van der Waals surface area contributed by atoms with Gasteiger partial charge in [-0.1, -0.05) is 23.4 Å². The van der Waals surface area contributed by atoms with E-state index in [1.807, 2.05) is 26.0 Å². The highest BCUT2D eigenvalue weighted by atomic mass is 16.5. The molecule has 2 heterocycles. The maximum Gasteiger partial charge on any atom is 0.243 e. The second-order valence-electron chi connectivity index (χ2n) is 6.02. The number of benzene rings is 1. The van der Waals surface area contributed by atoms with Gasteiger partial charge < -0.3 is 9.63 Å². The van der Waals surface area contributed by atoms with E-state index in [0.29, 0.717) is 12.4 Å². The first-order valence-corrected chi connectivity index (χ1v) is 7.99. The van der Waals surface area contributed by atoms with Gasteiger partial charge in [0.2, 0.25) is 11.8 Å². The molecule has 6 nitrogen and oxygen atoms in total. The molecule has 1 aromatic carbocycles. The van der Waals surface area contributed by atoms with E-state index < -0.39 is 0 Å². The zero-order valence-corrected chi connectivity index (χ0v) is 13.8. The molecule has 0 saturated carbocycles. The molecule has 0 aliphatic carbocycles. The zero-order chi connectivity index (χ0) is 17.1. The molecule has 126 valence electrons. The van der Waals surface area contributed by atoms with Crippen molar-refractivity contribution in [1.29, 1.82) is 0 Å². The fraction of sp³-hybridized carbons (Fsp3) is 0.333. The van der Waals surface area contributed by atoms with Crippen LogP contribution in [-0.2, 0) is 4.79 Å². The maximum absolute atomic E-state index is 12.3. The molecule has 2 aromatic rings. The Morgan fingerprint density at radius 2 is 2.12 bits per heavy atom. The molecule has 3 rings (SSSR count). The van der Waals surface area contributed by atoms with Crippen LogP contribution in [0.3, 0.4) is 0 Å². The van der Waals surface area contributed by atoms with Crippen molar-refractivity contribution in [3.05, 3.63) is 47.7 Å². The quantitative estimate of drug-likeness (QED) is 0.903. The Bertz CT molecular complexity index is 749. The number of nitrogens with one attached hydrogen (secondary N) is 1. The minimum absolute atomic E-state index is 0.104. The molecular weight excluding hydrogens is 306 g/mol. The fourth-order valence-electron chi connectivity index (χ4n) is 2.79. The van der Waals surface area contributed by atoms with E-state index in [9.17, 15) is 9.90 Å². The Kier molecular flexibility index (Phi) is 4.66. The summed E-state index contributed by atoms with van der Waals surface area (Å²) in [5, 5.41) is 15.9. The number of rotatable bonds is 4. The van der Waals surface area contributed by atoms with Crippen molar-refractivity contribution in [2.24, 2.45) is 0 Å². The number of aromatic nitrogens is 1. The van der Waals surface area contributed by atoms with Crippen molar-refractivity contribution >= 4 is 17.4 Å². The molecule has 0 bridgehead atoms. The Balaban J connectivity index is 1.60. The van der Waals surface area contributed by atoms with Crippen LogP contribution in [0.15, 0.2) is 40.9 Å². The Hall–Kier alpha value is -2.60. The van der Waals surface area contributed by atoms with Gasteiger partial charge in [0.1, 0.15) is 5.75 Å². The average molecular weight is 327 g/mol. The van der Waals surface area contributed by atoms with E-state index in [1.54, 1.807) is 18.2 Å². The van der Waals surface area contributed by atoms with E-state index >= 15 is 0 Å². The van der Waals surface area contributed by atoms with Crippen LogP contribution >= 0.6 is 0 Å². The van der Waals surface area contributed by atoms with E-state index in [-0.39, 0.29) is 17.7 Å². The van der Waals surface area contributed by atoms with E-state index in [1.165, 1.54) is 5.57 Å². The standard InChI is InChI=1S/C18H21N3O3/c1-12-11-17(24-20-12)19-18(23)13(2)21-9-7-15(8-10-21)14-3-5-16(22)6-4-14/h3-7,11,13,22H,8-10H2,1-2H3,(H,19,23)/t13-/m0/s1. The van der Waals surface area contributed by atoms with Gasteiger partial charge in [-0.3, -0.25) is 15.0 Å². The summed E-state index contributed by atoms with van der Waals surface area (Å²) in [4.78, 5) is 14.4. The zero-order valence-electron chi connectivity index (χ0n) is 13.8. The summed E-state index contributed by atoms with van der Waals surface area (Å²) >= 11 is 0. The molecule has 1 aliphatic rings. The van der Waals surface area contributed by atoms with Gasteiger partial charge >= 0.3 is 0 Å². The van der Waals surface area contributed by atoms with Crippen molar-refractivity contribution in [2.75, 3.05) is 18.4 Å². The van der Waals surface area contributed by atoms with Crippen molar-refractivity contribution in [3.8, 4) is 5.75 Å². The highest BCUT2D eigenvalue weighted by molar-refractivity contribution is 5.93. The molecule has 1 amide bonds. The maximum atomic E-state index is 12.3. The number of hydrogen-bond donors (Lipinski definition) is 2. The number of phenols is 1. The number of phenolic OH excluding ortho intramolecular Hbond substituents is 1. The first-order chi connectivity index (χ1) is 11.5. The molecular formula is C18H21N3O3. The molecule has 6 heteroatoms. The smallest absolute Gasteiger partial charge is 0.243 e. The Morgan fingerprint density at radius 1 is 1.38 bits per heavy atom. The summed E-state index contributed by atoms with van der Waals surface area (Å²) in [6.45, 7) is 5.21. The third-order valence-electron chi connectivity index (χ3n) is 4.28. The van der Waals surface area contributed by atoms with Gasteiger partial charge in [-0.25, -0.2) is 0 Å². The van der Waals surface area contributed by atoms with Crippen LogP contribution in [0.25, 0.3) is 5.57 Å². The first-order valence-electron chi connectivity index (χ1n) is 7.99. The van der Waals surface area contributed by atoms with E-state index in [4.69, 9.17) is 4.52 Å². The minimum Gasteiger partial charge on any atom is -0.508 e. The summed E-state index contributed by atoms with van der Waals surface area (Å²) in [5.41, 5.74) is 3.09. The third kappa shape index (κ3) is 3.65. The second-order valence-corrected chi connectivity index (χ2v) is 6.02. The number of carbonyl (C=O) groups excluding carboxylic acids is 1. The number of carbonyl (C=O) groups is 1. The van der Waals surface area contributed by atoms with Crippen molar-refractivity contribution in [3.63, 3.8) is 0 Å². The van der Waals surface area contributed by atoms with Crippen molar-refractivity contribution < 1.29 is 14.4 Å². The lowest BCUT2D eigenvalue weighted by atomic mass is 9.98. The van der Waals surface area contributed by atoms with Gasteiger partial charge in [-0.2, -0.15) is 0 Å². The summed E-state index contributed by atoms with van der Waals surface area (Å²) in [6, 6.07) is 8.66. The predicted molar refractivity (Wildman–Crippen MR) is 91.6 cm³/mol. The topological polar surface area (TPSA) is 78.6 Å². The number of amides is 1. The van der Waals surface area contributed by atoms with Gasteiger partial charge in [0.15, 0.2) is 0 Å². The van der Waals surface area contributed by atoms with Gasteiger partial charge in [-0.05, 0) is 43.5 Å². The van der Waals surface area contributed by atoms with Crippen LogP contribution in [0, 0.1) is 6.92 Å². The van der Waals surface area contributed by atoms with Gasteiger partial charge in [0.05, 0.1) is 11.7 Å². The van der Waals surface area contributed by atoms with Gasteiger partial charge in [0.25, 0.3) is 0 Å². The number of anilines is 1. The van der Waals surface area contributed by atoms with Crippen molar-refractivity contribution in [1.82, 2.24) is 10.1 Å². The second kappa shape index (κ2) is 6.88. The third-order valence-corrected chi connectivity index (χ3v) is 4.28. The molecule has 0 radical (unpaired) electrons. The Labute approximate surface area is 140 Å². The van der Waals surface area contributed by atoms with E-state index in [0.717, 1.165) is 24.2 Å². The average Bonchev–Trinajstić information content (AvgIpc) is 3.00. The van der Waals surface area contributed by atoms with Crippen LogP contribution in [-0.4, -0.2) is 40.2 Å². The van der Waals surface area contributed by atoms with Crippen LogP contribution in [0.5, 0.6) is 5.75 Å². The van der Waals surface area contributed by atoms with Crippen LogP contribution in [0.4, 0.5) is 5.88 Å². The monoisotopic (exact) mass is 327 g/mol. The molecule has 1 aliphatic heterocycles. The van der Waals surface area contributed by atoms with Crippen LogP contribution < -0.4 is 5.32 Å². The normalized spacial score (nSPS) is 16.5. The number of aryl methyl sites for hydroxylation is 1. The lowest BCUT2D eigenvalue weighted by Gasteiger charge is -2.30. The lowest BCUT2D eigenvalue weighted by molar-refractivity contribution is -0.120. The summed E-state index contributed by atoms with van der Waals surface area (Å²) in [5.74, 6) is 0.541. The largest absolute Gasteiger partial charge is 0.508 e. The molecule has 0 saturated heterocycles. The number of nitrogens with zero attached hydrogens (tertiary/aromatic N) is 2. The highest BCUT2D eigenvalue weighted by Gasteiger charge is 2.24. The molecule has 1 aromatic heterocycles. The predicted octanol–water partition coefficient (Wildman–Crippen LogP) is 2.80. The summed E-state index contributed by atoms with van der Waals surface area (Å²) in [6.07, 6.45) is 3.00. The molecule has 0 unspecified atom stereocenters. The molecule has 0 fully saturated rings. The molecule has 2 N–H and O–H groups in total. The first kappa shape index (κ1) is 16.3. The lowest BCUT2D eigenvalue weighted by Crippen LogP contribution is -2.43. The molecule has 0 spiro atoms. The molecule has 24 heavy (non-hydrogen) atoms. The minimum atomic E-state index is -0.256. The summed E-state index contributed by atoms with van der Waals surface area (Å²) in [7, 11) is 0. The van der Waals surface area contributed by atoms with E-state index in [2.05, 4.69) is 21.4 Å². The van der Waals surface area contributed by atoms with Gasteiger partial charge in [0, 0.05) is 19.2 Å². The molecule has 1 atom stereocenters. The summed E-state index contributed by atoms with van der Waals surface area (Å²) < 4.78 is 5.02. The highest BCUT2D eigenvalue weighted by Crippen LogP contribution is 2.25. The number of aromatic hydroxyl groups is 1. The Morgan fingerprint density at radius 3 is 2.71 bits per heavy atom. The fourth-order valence-corrected chi connectivity index (χ4v) is 2.79. The SMILES string of the molecule is Cc1cc(NC(=O)[C@H](C)N2CC=C(c3ccc(O)cc3)CC2)on1. The van der Waals surface area contributed by atoms with Gasteiger partial charge in [-0.15, -0.1) is 0 Å². The van der Waals surface area contributed by atoms with Crippen molar-refractivity contribution in [2.45, 2.75) is 26.3 Å². The number of hydrogen-bond acceptors (Lipinski definition) is 5.